The number of ketones is 1. The Bertz CT molecular complexity index is 869. The predicted molar refractivity (Wildman–Crippen MR) is 106 cm³/mol. The van der Waals surface area contributed by atoms with Crippen molar-refractivity contribution < 1.29 is 9.53 Å². The second-order valence-electron chi connectivity index (χ2n) is 8.07. The quantitative estimate of drug-likeness (QED) is 0.755. The first kappa shape index (κ1) is 17.1. The van der Waals surface area contributed by atoms with Gasteiger partial charge in [0.1, 0.15) is 11.9 Å². The van der Waals surface area contributed by atoms with Gasteiger partial charge in [-0.05, 0) is 49.9 Å². The van der Waals surface area contributed by atoms with Crippen molar-refractivity contribution in [3.05, 3.63) is 47.5 Å². The van der Waals surface area contributed by atoms with Crippen molar-refractivity contribution in [3.63, 3.8) is 0 Å². The van der Waals surface area contributed by atoms with E-state index in [0.717, 1.165) is 41.8 Å². The minimum atomic E-state index is -0.535. The zero-order valence-corrected chi connectivity index (χ0v) is 16.1. The van der Waals surface area contributed by atoms with Crippen LogP contribution in [-0.4, -0.2) is 11.3 Å². The molecular weight excluding hydrogens is 322 g/mol. The number of carbonyl (C=O) groups excluding carboxylic acids is 1. The highest BCUT2D eigenvalue weighted by Crippen LogP contribution is 2.50. The van der Waals surface area contributed by atoms with E-state index in [4.69, 9.17) is 4.74 Å². The van der Waals surface area contributed by atoms with Crippen molar-refractivity contribution in [3.8, 4) is 16.9 Å². The number of nitrogens with one attached hydrogen (secondary N) is 1. The van der Waals surface area contributed by atoms with E-state index in [2.05, 4.69) is 30.4 Å². The molecule has 3 nitrogen and oxygen atoms in total. The largest absolute Gasteiger partial charge is 0.485 e. The van der Waals surface area contributed by atoms with Crippen LogP contribution in [0.4, 0.5) is 5.69 Å². The Kier molecular flexibility index (Phi) is 4.06. The Hall–Kier alpha value is -2.29. The Morgan fingerprint density at radius 1 is 1.08 bits per heavy atom. The van der Waals surface area contributed by atoms with E-state index < -0.39 is 5.54 Å². The standard InChI is InChI=1S/C23H27NO2/c1-5-6-10-19-21-16(15-9-7-8-11-18(15)26-19)12-13-17-20(21)14(2)22(25)23(3,4)24-17/h7-9,11-14,19,24H,5-6,10H2,1-4H3/t14-,19+/m0/s1. The van der Waals surface area contributed by atoms with Crippen molar-refractivity contribution in [2.45, 2.75) is 64.5 Å². The van der Waals surface area contributed by atoms with Crippen LogP contribution in [-0.2, 0) is 4.79 Å². The second-order valence-corrected chi connectivity index (χ2v) is 8.07. The molecule has 2 aromatic carbocycles. The highest BCUT2D eigenvalue weighted by Gasteiger charge is 2.42. The average molecular weight is 349 g/mol. The molecule has 0 saturated carbocycles. The summed E-state index contributed by atoms with van der Waals surface area (Å²) < 4.78 is 6.42. The third-order valence-corrected chi connectivity index (χ3v) is 5.76. The molecule has 0 aliphatic carbocycles. The van der Waals surface area contributed by atoms with Gasteiger partial charge in [-0.2, -0.15) is 0 Å². The number of fused-ring (bicyclic) bond motifs is 5. The van der Waals surface area contributed by atoms with Crippen LogP contribution >= 0.6 is 0 Å². The fourth-order valence-corrected chi connectivity index (χ4v) is 4.46. The molecule has 0 spiro atoms. The lowest BCUT2D eigenvalue weighted by Gasteiger charge is -2.40. The fourth-order valence-electron chi connectivity index (χ4n) is 4.46. The molecule has 4 rings (SSSR count). The lowest BCUT2D eigenvalue weighted by atomic mass is 9.75. The molecule has 2 aliphatic heterocycles. The van der Waals surface area contributed by atoms with E-state index in [0.29, 0.717) is 0 Å². The number of unbranched alkanes of at least 4 members (excludes halogenated alkanes) is 1. The van der Waals surface area contributed by atoms with Gasteiger partial charge in [0, 0.05) is 22.7 Å². The number of rotatable bonds is 3. The summed E-state index contributed by atoms with van der Waals surface area (Å²) in [5, 5.41) is 3.46. The zero-order valence-electron chi connectivity index (χ0n) is 16.1. The summed E-state index contributed by atoms with van der Waals surface area (Å²) in [6.45, 7) is 8.18. The molecule has 2 aromatic rings. The van der Waals surface area contributed by atoms with Gasteiger partial charge in [-0.25, -0.2) is 0 Å². The minimum absolute atomic E-state index is 0.00747. The van der Waals surface area contributed by atoms with Gasteiger partial charge in [-0.1, -0.05) is 44.5 Å². The van der Waals surface area contributed by atoms with Crippen molar-refractivity contribution in [2.75, 3.05) is 5.32 Å². The summed E-state index contributed by atoms with van der Waals surface area (Å²) >= 11 is 0. The van der Waals surface area contributed by atoms with Crippen molar-refractivity contribution in [1.29, 1.82) is 0 Å². The van der Waals surface area contributed by atoms with Crippen LogP contribution in [0.15, 0.2) is 36.4 Å². The summed E-state index contributed by atoms with van der Waals surface area (Å²) in [6, 6.07) is 12.6. The first-order valence-corrected chi connectivity index (χ1v) is 9.69. The molecule has 0 radical (unpaired) electrons. The molecular formula is C23H27NO2. The van der Waals surface area contributed by atoms with Gasteiger partial charge in [0.05, 0.1) is 5.54 Å². The van der Waals surface area contributed by atoms with Crippen LogP contribution in [0.2, 0.25) is 0 Å². The van der Waals surface area contributed by atoms with Crippen LogP contribution in [0.3, 0.4) is 0 Å². The third-order valence-electron chi connectivity index (χ3n) is 5.76. The van der Waals surface area contributed by atoms with Crippen molar-refractivity contribution >= 4 is 11.5 Å². The van der Waals surface area contributed by atoms with Gasteiger partial charge in [-0.3, -0.25) is 4.79 Å². The highest BCUT2D eigenvalue weighted by atomic mass is 16.5. The van der Waals surface area contributed by atoms with Gasteiger partial charge < -0.3 is 10.1 Å². The molecule has 26 heavy (non-hydrogen) atoms. The Morgan fingerprint density at radius 2 is 1.85 bits per heavy atom. The lowest BCUT2D eigenvalue weighted by molar-refractivity contribution is -0.123. The van der Waals surface area contributed by atoms with Gasteiger partial charge in [-0.15, -0.1) is 0 Å². The Balaban J connectivity index is 1.94. The van der Waals surface area contributed by atoms with E-state index in [1.165, 1.54) is 11.1 Å². The number of anilines is 1. The first-order valence-electron chi connectivity index (χ1n) is 9.69. The SMILES string of the molecule is CCCC[C@H]1Oc2ccccc2-c2ccc3c(c21)[C@H](C)C(=O)C(C)(C)N3. The molecule has 1 N–H and O–H groups in total. The molecule has 0 unspecified atom stereocenters. The van der Waals surface area contributed by atoms with Crippen molar-refractivity contribution in [1.82, 2.24) is 0 Å². The van der Waals surface area contributed by atoms with Crippen LogP contribution in [0.25, 0.3) is 11.1 Å². The molecule has 2 heterocycles. The molecule has 0 aromatic heterocycles. The van der Waals surface area contributed by atoms with Gasteiger partial charge in [0.15, 0.2) is 5.78 Å². The molecule has 2 atom stereocenters. The van der Waals surface area contributed by atoms with E-state index in [-0.39, 0.29) is 17.8 Å². The van der Waals surface area contributed by atoms with Crippen LogP contribution in [0, 0.1) is 0 Å². The van der Waals surface area contributed by atoms with E-state index in [1.807, 2.05) is 39.0 Å². The maximum absolute atomic E-state index is 13.0. The monoisotopic (exact) mass is 349 g/mol. The average Bonchev–Trinajstić information content (AvgIpc) is 2.63. The lowest BCUT2D eigenvalue weighted by Crippen LogP contribution is -2.47. The van der Waals surface area contributed by atoms with Gasteiger partial charge in [0.25, 0.3) is 0 Å². The summed E-state index contributed by atoms with van der Waals surface area (Å²) in [4.78, 5) is 13.0. The number of hydrogen-bond donors (Lipinski definition) is 1. The van der Waals surface area contributed by atoms with E-state index in [9.17, 15) is 4.79 Å². The minimum Gasteiger partial charge on any atom is -0.485 e. The van der Waals surface area contributed by atoms with Crippen molar-refractivity contribution in [2.24, 2.45) is 0 Å². The topological polar surface area (TPSA) is 38.3 Å². The maximum atomic E-state index is 13.0. The zero-order chi connectivity index (χ0) is 18.5. The summed E-state index contributed by atoms with van der Waals surface area (Å²) in [5.74, 6) is 1.06. The van der Waals surface area contributed by atoms with Gasteiger partial charge >= 0.3 is 0 Å². The molecule has 3 heteroatoms. The number of ether oxygens (including phenoxy) is 1. The van der Waals surface area contributed by atoms with Crippen LogP contribution in [0.1, 0.15) is 70.1 Å². The molecule has 136 valence electrons. The fraction of sp³-hybridized carbons (Fsp3) is 0.435. The Labute approximate surface area is 155 Å². The van der Waals surface area contributed by atoms with Gasteiger partial charge in [0.2, 0.25) is 0 Å². The second kappa shape index (κ2) is 6.15. The number of carbonyl (C=O) groups is 1. The Morgan fingerprint density at radius 3 is 2.62 bits per heavy atom. The van der Waals surface area contributed by atoms with E-state index in [1.54, 1.807) is 0 Å². The molecule has 0 bridgehead atoms. The third kappa shape index (κ3) is 2.53. The summed E-state index contributed by atoms with van der Waals surface area (Å²) in [5.41, 5.74) is 5.22. The summed E-state index contributed by atoms with van der Waals surface area (Å²) in [6.07, 6.45) is 3.22. The highest BCUT2D eigenvalue weighted by molar-refractivity contribution is 6.01. The smallest absolute Gasteiger partial charge is 0.164 e. The predicted octanol–water partition coefficient (Wildman–Crippen LogP) is 5.85. The van der Waals surface area contributed by atoms with E-state index >= 15 is 0 Å². The molecule has 0 saturated heterocycles. The molecule has 2 aliphatic rings. The number of Topliss-reactive ketones (excluding diaryl/α,β-unsaturated/α-hetero) is 1. The summed E-state index contributed by atoms with van der Waals surface area (Å²) in [7, 11) is 0. The molecule has 0 fully saturated rings. The normalized spacial score (nSPS) is 22.5. The first-order chi connectivity index (χ1) is 12.4. The number of benzene rings is 2. The molecule has 0 amide bonds. The van der Waals surface area contributed by atoms with Crippen LogP contribution in [0.5, 0.6) is 5.75 Å². The number of hydrogen-bond acceptors (Lipinski definition) is 3. The maximum Gasteiger partial charge on any atom is 0.164 e. The number of para-hydroxylation sites is 1. The van der Waals surface area contributed by atoms with Crippen LogP contribution < -0.4 is 10.1 Å².